The Morgan fingerprint density at radius 3 is 2.94 bits per heavy atom. The fraction of sp³-hybridized carbons (Fsp3) is 0.429. The third-order valence-corrected chi connectivity index (χ3v) is 3.16. The summed E-state index contributed by atoms with van der Waals surface area (Å²) in [5.41, 5.74) is 0.676. The van der Waals surface area contributed by atoms with E-state index >= 15 is 0 Å². The number of allylic oxidation sites excluding steroid dienone is 1. The van der Waals surface area contributed by atoms with Crippen LogP contribution in [0.15, 0.2) is 30.9 Å². The molecule has 0 bridgehead atoms. The van der Waals surface area contributed by atoms with Crippen LogP contribution in [0, 0.1) is 5.82 Å². The Morgan fingerprint density at radius 2 is 2.29 bits per heavy atom. The van der Waals surface area contributed by atoms with E-state index in [0.717, 1.165) is 19.3 Å². The van der Waals surface area contributed by atoms with E-state index in [2.05, 4.69) is 11.9 Å². The lowest BCUT2D eigenvalue weighted by Crippen LogP contribution is -2.27. The average Bonchev–Trinajstić information content (AvgIpc) is 2.33. The second kappa shape index (κ2) is 7.46. The minimum absolute atomic E-state index is 0.198. The predicted octanol–water partition coefficient (Wildman–Crippen LogP) is 3.97. The SMILES string of the molecule is C=CCCCC(Cc1cccc(Cl)c1F)NC. The quantitative estimate of drug-likeness (QED) is 0.574. The van der Waals surface area contributed by atoms with Crippen LogP contribution in [0.1, 0.15) is 24.8 Å². The molecule has 0 fully saturated rings. The molecule has 17 heavy (non-hydrogen) atoms. The van der Waals surface area contributed by atoms with Gasteiger partial charge in [0.05, 0.1) is 5.02 Å². The molecule has 0 aliphatic rings. The number of hydrogen-bond acceptors (Lipinski definition) is 1. The van der Waals surface area contributed by atoms with Gasteiger partial charge in [0.2, 0.25) is 0 Å². The van der Waals surface area contributed by atoms with Crippen LogP contribution in [-0.2, 0) is 6.42 Å². The monoisotopic (exact) mass is 255 g/mol. The van der Waals surface area contributed by atoms with Crippen molar-refractivity contribution in [3.63, 3.8) is 0 Å². The summed E-state index contributed by atoms with van der Waals surface area (Å²) in [5.74, 6) is -0.293. The average molecular weight is 256 g/mol. The van der Waals surface area contributed by atoms with Gasteiger partial charge in [-0.05, 0) is 44.4 Å². The van der Waals surface area contributed by atoms with Crippen LogP contribution in [0.2, 0.25) is 5.02 Å². The Morgan fingerprint density at radius 1 is 1.53 bits per heavy atom. The van der Waals surface area contributed by atoms with Gasteiger partial charge in [-0.3, -0.25) is 0 Å². The van der Waals surface area contributed by atoms with Crippen molar-refractivity contribution in [2.75, 3.05) is 7.05 Å². The fourth-order valence-electron chi connectivity index (χ4n) is 1.83. The normalized spacial score (nSPS) is 12.4. The Kier molecular flexibility index (Phi) is 6.23. The molecule has 0 saturated carbocycles. The van der Waals surface area contributed by atoms with Gasteiger partial charge in [-0.2, -0.15) is 0 Å². The van der Waals surface area contributed by atoms with E-state index in [0.29, 0.717) is 12.0 Å². The molecule has 1 nitrogen and oxygen atoms in total. The number of rotatable bonds is 7. The zero-order valence-corrected chi connectivity index (χ0v) is 10.9. The van der Waals surface area contributed by atoms with E-state index in [1.807, 2.05) is 13.1 Å². The molecule has 0 aliphatic carbocycles. The Labute approximate surface area is 108 Å². The zero-order chi connectivity index (χ0) is 12.7. The lowest BCUT2D eigenvalue weighted by molar-refractivity contribution is 0.492. The Balaban J connectivity index is 2.60. The topological polar surface area (TPSA) is 12.0 Å². The number of nitrogens with one attached hydrogen (secondary N) is 1. The molecule has 3 heteroatoms. The summed E-state index contributed by atoms with van der Waals surface area (Å²) in [5, 5.41) is 3.41. The molecule has 1 rings (SSSR count). The lowest BCUT2D eigenvalue weighted by Gasteiger charge is -2.16. The third-order valence-electron chi connectivity index (χ3n) is 2.87. The molecule has 1 aromatic rings. The Bertz CT molecular complexity index is 365. The standard InChI is InChI=1S/C14H19ClFN/c1-3-4-5-8-12(17-2)10-11-7-6-9-13(15)14(11)16/h3,6-7,9,12,17H,1,4-5,8,10H2,2H3. The highest BCUT2D eigenvalue weighted by atomic mass is 35.5. The summed E-state index contributed by atoms with van der Waals surface area (Å²) in [6.45, 7) is 3.70. The first kappa shape index (κ1) is 14.2. The summed E-state index contributed by atoms with van der Waals surface area (Å²) < 4.78 is 13.7. The van der Waals surface area contributed by atoms with E-state index in [9.17, 15) is 4.39 Å². The van der Waals surface area contributed by atoms with Crippen LogP contribution in [0.3, 0.4) is 0 Å². The van der Waals surface area contributed by atoms with Crippen LogP contribution in [0.4, 0.5) is 4.39 Å². The number of benzene rings is 1. The van der Waals surface area contributed by atoms with Crippen molar-refractivity contribution in [3.8, 4) is 0 Å². The molecule has 0 aliphatic heterocycles. The second-order valence-electron chi connectivity index (χ2n) is 4.12. The highest BCUT2D eigenvalue weighted by Crippen LogP contribution is 2.20. The molecule has 1 unspecified atom stereocenters. The maximum atomic E-state index is 13.7. The molecular weight excluding hydrogens is 237 g/mol. The molecule has 1 N–H and O–H groups in total. The van der Waals surface area contributed by atoms with Crippen molar-refractivity contribution in [3.05, 3.63) is 47.3 Å². The highest BCUT2D eigenvalue weighted by molar-refractivity contribution is 6.30. The maximum absolute atomic E-state index is 13.7. The smallest absolute Gasteiger partial charge is 0.145 e. The minimum Gasteiger partial charge on any atom is -0.317 e. The van der Waals surface area contributed by atoms with Crippen molar-refractivity contribution in [1.29, 1.82) is 0 Å². The van der Waals surface area contributed by atoms with Gasteiger partial charge in [0.15, 0.2) is 0 Å². The molecule has 1 atom stereocenters. The van der Waals surface area contributed by atoms with Crippen LogP contribution >= 0.6 is 11.6 Å². The van der Waals surface area contributed by atoms with Crippen LogP contribution < -0.4 is 5.32 Å². The first-order valence-electron chi connectivity index (χ1n) is 5.90. The molecule has 0 saturated heterocycles. The van der Waals surface area contributed by atoms with Crippen molar-refractivity contribution in [1.82, 2.24) is 5.32 Å². The summed E-state index contributed by atoms with van der Waals surface area (Å²) >= 11 is 5.76. The van der Waals surface area contributed by atoms with Gasteiger partial charge in [0.25, 0.3) is 0 Å². The summed E-state index contributed by atoms with van der Waals surface area (Å²) in [7, 11) is 1.90. The first-order valence-corrected chi connectivity index (χ1v) is 6.28. The molecule has 0 aromatic heterocycles. The number of halogens is 2. The predicted molar refractivity (Wildman–Crippen MR) is 72.0 cm³/mol. The molecule has 0 radical (unpaired) electrons. The molecule has 94 valence electrons. The summed E-state index contributed by atoms with van der Waals surface area (Å²) in [6.07, 6.45) is 5.65. The van der Waals surface area contributed by atoms with Gasteiger partial charge in [-0.25, -0.2) is 4.39 Å². The molecular formula is C14H19ClFN. The third kappa shape index (κ3) is 4.49. The molecule has 1 aromatic carbocycles. The number of likely N-dealkylation sites (N-methyl/N-ethyl adjacent to an activating group) is 1. The minimum atomic E-state index is -0.293. The van der Waals surface area contributed by atoms with Crippen LogP contribution in [0.5, 0.6) is 0 Å². The van der Waals surface area contributed by atoms with E-state index in [-0.39, 0.29) is 16.9 Å². The highest BCUT2D eigenvalue weighted by Gasteiger charge is 2.11. The molecule has 0 heterocycles. The van der Waals surface area contributed by atoms with Crippen LogP contribution in [0.25, 0.3) is 0 Å². The second-order valence-corrected chi connectivity index (χ2v) is 4.53. The largest absolute Gasteiger partial charge is 0.317 e. The maximum Gasteiger partial charge on any atom is 0.145 e. The number of hydrogen-bond donors (Lipinski definition) is 1. The van der Waals surface area contributed by atoms with E-state index in [4.69, 9.17) is 11.6 Å². The van der Waals surface area contributed by atoms with E-state index < -0.39 is 0 Å². The van der Waals surface area contributed by atoms with Gasteiger partial charge in [-0.1, -0.05) is 29.8 Å². The fourth-order valence-corrected chi connectivity index (χ4v) is 2.02. The number of unbranched alkanes of at least 4 members (excludes halogenated alkanes) is 1. The van der Waals surface area contributed by atoms with E-state index in [1.165, 1.54) is 0 Å². The van der Waals surface area contributed by atoms with Crippen molar-refractivity contribution < 1.29 is 4.39 Å². The summed E-state index contributed by atoms with van der Waals surface area (Å²) in [6, 6.07) is 5.44. The van der Waals surface area contributed by atoms with Crippen LogP contribution in [-0.4, -0.2) is 13.1 Å². The molecule has 0 spiro atoms. The van der Waals surface area contributed by atoms with Gasteiger partial charge in [-0.15, -0.1) is 6.58 Å². The van der Waals surface area contributed by atoms with Crippen molar-refractivity contribution in [2.24, 2.45) is 0 Å². The Hall–Kier alpha value is -0.860. The first-order chi connectivity index (χ1) is 8.19. The van der Waals surface area contributed by atoms with E-state index in [1.54, 1.807) is 18.2 Å². The van der Waals surface area contributed by atoms with Gasteiger partial charge in [0, 0.05) is 6.04 Å². The van der Waals surface area contributed by atoms with Gasteiger partial charge in [0.1, 0.15) is 5.82 Å². The van der Waals surface area contributed by atoms with Crippen molar-refractivity contribution in [2.45, 2.75) is 31.7 Å². The van der Waals surface area contributed by atoms with Gasteiger partial charge < -0.3 is 5.32 Å². The van der Waals surface area contributed by atoms with Gasteiger partial charge >= 0.3 is 0 Å². The lowest BCUT2D eigenvalue weighted by atomic mass is 10.0. The van der Waals surface area contributed by atoms with Crippen molar-refractivity contribution >= 4 is 11.6 Å². The molecule has 0 amide bonds. The zero-order valence-electron chi connectivity index (χ0n) is 10.2. The summed E-state index contributed by atoms with van der Waals surface area (Å²) in [4.78, 5) is 0.